The molecule has 2 fully saturated rings. The molecule has 23 heavy (non-hydrogen) atoms. The first-order valence-corrected chi connectivity index (χ1v) is 7.80. The van der Waals surface area contributed by atoms with Gasteiger partial charge in [-0.3, -0.25) is 4.79 Å². The summed E-state index contributed by atoms with van der Waals surface area (Å²) in [4.78, 5) is 13.6. The molecule has 2 saturated heterocycles. The number of nitrogens with zero attached hydrogens (tertiary/aromatic N) is 1. The molecule has 2 heterocycles. The molecule has 1 aromatic rings. The van der Waals surface area contributed by atoms with Crippen molar-refractivity contribution in [3.63, 3.8) is 0 Å². The van der Waals surface area contributed by atoms with Crippen molar-refractivity contribution in [3.8, 4) is 5.75 Å². The van der Waals surface area contributed by atoms with Crippen LogP contribution in [-0.4, -0.2) is 68.1 Å². The maximum atomic E-state index is 12.0. The number of β-amino-alcohol motifs (C(OH)–C–C–N with tert-alkyl or cyclic N) is 1. The molecule has 3 atom stereocenters. The van der Waals surface area contributed by atoms with E-state index in [2.05, 4.69) is 0 Å². The molecule has 6 nitrogen and oxygen atoms in total. The number of aliphatic hydroxyl groups excluding tert-OH is 1. The minimum Gasteiger partial charge on any atom is -0.497 e. The fourth-order valence-electron chi connectivity index (χ4n) is 3.53. The maximum absolute atomic E-state index is 12.0. The molecule has 3 rings (SSSR count). The summed E-state index contributed by atoms with van der Waals surface area (Å²) in [5, 5.41) is 10.4. The lowest BCUT2D eigenvalue weighted by Crippen LogP contribution is -2.41. The molecule has 1 aromatic carbocycles. The third-order valence-corrected chi connectivity index (χ3v) is 4.81. The number of aliphatic hydroxyl groups is 1. The molecule has 0 unspecified atom stereocenters. The Morgan fingerprint density at radius 1 is 1.48 bits per heavy atom. The standard InChI is InChI=1S/C17H23NO5/c1-21-10-16(20)18-8-15(19)17(11-18)7-13(9-23-17)12-4-3-5-14(6-12)22-2/h3-6,13,15,19H,7-11H2,1-2H3/t13-,15+,17+/m0/s1. The van der Waals surface area contributed by atoms with Gasteiger partial charge in [-0.1, -0.05) is 12.1 Å². The quantitative estimate of drug-likeness (QED) is 0.888. The van der Waals surface area contributed by atoms with Crippen LogP contribution in [0.3, 0.4) is 0 Å². The largest absolute Gasteiger partial charge is 0.497 e. The molecular formula is C17H23NO5. The van der Waals surface area contributed by atoms with Crippen molar-refractivity contribution in [3.05, 3.63) is 29.8 Å². The number of methoxy groups -OCH3 is 2. The fraction of sp³-hybridized carbons (Fsp3) is 0.588. The second-order valence-electron chi connectivity index (χ2n) is 6.28. The van der Waals surface area contributed by atoms with E-state index in [1.165, 1.54) is 7.11 Å². The lowest BCUT2D eigenvalue weighted by Gasteiger charge is -2.26. The molecule has 0 aliphatic carbocycles. The zero-order chi connectivity index (χ0) is 16.4. The van der Waals surface area contributed by atoms with Crippen LogP contribution in [0.1, 0.15) is 17.9 Å². The summed E-state index contributed by atoms with van der Waals surface area (Å²) in [7, 11) is 3.14. The minimum atomic E-state index is -0.669. The second-order valence-corrected chi connectivity index (χ2v) is 6.28. The summed E-state index contributed by atoms with van der Waals surface area (Å²) < 4.78 is 16.1. The summed E-state index contributed by atoms with van der Waals surface area (Å²) in [6, 6.07) is 7.91. The van der Waals surface area contributed by atoms with E-state index in [0.717, 1.165) is 11.3 Å². The van der Waals surface area contributed by atoms with Crippen LogP contribution >= 0.6 is 0 Å². The highest BCUT2D eigenvalue weighted by Gasteiger charge is 2.53. The molecule has 6 heteroatoms. The van der Waals surface area contributed by atoms with Gasteiger partial charge < -0.3 is 24.2 Å². The van der Waals surface area contributed by atoms with E-state index in [9.17, 15) is 9.90 Å². The molecule has 2 aliphatic rings. The monoisotopic (exact) mass is 321 g/mol. The Kier molecular flexibility index (Phi) is 4.57. The molecule has 1 N–H and O–H groups in total. The van der Waals surface area contributed by atoms with Crippen LogP contribution in [0.5, 0.6) is 5.75 Å². The molecule has 126 valence electrons. The first kappa shape index (κ1) is 16.2. The van der Waals surface area contributed by atoms with Gasteiger partial charge in [0.1, 0.15) is 24.1 Å². The molecule has 1 spiro atoms. The normalized spacial score (nSPS) is 30.1. The van der Waals surface area contributed by atoms with Crippen LogP contribution in [0.4, 0.5) is 0 Å². The molecule has 0 radical (unpaired) electrons. The summed E-state index contributed by atoms with van der Waals surface area (Å²) in [6.07, 6.45) is 0.0249. The average molecular weight is 321 g/mol. The molecule has 0 saturated carbocycles. The number of hydrogen-bond acceptors (Lipinski definition) is 5. The lowest BCUT2D eigenvalue weighted by atomic mass is 9.87. The molecular weight excluding hydrogens is 298 g/mol. The van der Waals surface area contributed by atoms with Gasteiger partial charge in [0, 0.05) is 19.6 Å². The molecule has 0 aromatic heterocycles. The Morgan fingerprint density at radius 3 is 3.04 bits per heavy atom. The van der Waals surface area contributed by atoms with Crippen molar-refractivity contribution in [1.82, 2.24) is 4.90 Å². The van der Waals surface area contributed by atoms with Gasteiger partial charge in [-0.25, -0.2) is 0 Å². The van der Waals surface area contributed by atoms with E-state index in [-0.39, 0.29) is 18.4 Å². The Hall–Kier alpha value is -1.63. The Bertz CT molecular complexity index is 578. The number of likely N-dealkylation sites (tertiary alicyclic amines) is 1. The topological polar surface area (TPSA) is 68.2 Å². The van der Waals surface area contributed by atoms with Crippen molar-refractivity contribution >= 4 is 5.91 Å². The predicted octanol–water partition coefficient (Wildman–Crippen LogP) is 0.787. The number of hydrogen-bond donors (Lipinski definition) is 1. The van der Waals surface area contributed by atoms with Crippen LogP contribution in [0.15, 0.2) is 24.3 Å². The van der Waals surface area contributed by atoms with E-state index < -0.39 is 11.7 Å². The van der Waals surface area contributed by atoms with Gasteiger partial charge in [-0.05, 0) is 24.1 Å². The third-order valence-electron chi connectivity index (χ3n) is 4.81. The molecule has 2 aliphatic heterocycles. The highest BCUT2D eigenvalue weighted by Crippen LogP contribution is 2.42. The van der Waals surface area contributed by atoms with E-state index >= 15 is 0 Å². The second kappa shape index (κ2) is 6.47. The van der Waals surface area contributed by atoms with Crippen LogP contribution in [0.2, 0.25) is 0 Å². The van der Waals surface area contributed by atoms with Gasteiger partial charge in [-0.2, -0.15) is 0 Å². The summed E-state index contributed by atoms with van der Waals surface area (Å²) >= 11 is 0. The highest BCUT2D eigenvalue weighted by atomic mass is 16.5. The SMILES string of the molecule is COCC(=O)N1C[C@@H](O)[C@@]2(C[C@H](c3cccc(OC)c3)CO2)C1. The number of carbonyl (C=O) groups excluding carboxylic acids is 1. The van der Waals surface area contributed by atoms with Crippen molar-refractivity contribution in [1.29, 1.82) is 0 Å². The van der Waals surface area contributed by atoms with Gasteiger partial charge >= 0.3 is 0 Å². The average Bonchev–Trinajstić information content (AvgIpc) is 3.13. The lowest BCUT2D eigenvalue weighted by molar-refractivity contribution is -0.135. The van der Waals surface area contributed by atoms with Gasteiger partial charge in [0.15, 0.2) is 0 Å². The number of carbonyl (C=O) groups is 1. The zero-order valence-corrected chi connectivity index (χ0v) is 13.5. The predicted molar refractivity (Wildman–Crippen MR) is 83.5 cm³/mol. The molecule has 1 amide bonds. The number of ether oxygens (including phenoxy) is 3. The fourth-order valence-corrected chi connectivity index (χ4v) is 3.53. The Morgan fingerprint density at radius 2 is 2.30 bits per heavy atom. The van der Waals surface area contributed by atoms with E-state index in [4.69, 9.17) is 14.2 Å². The first-order chi connectivity index (χ1) is 11.1. The van der Waals surface area contributed by atoms with Crippen molar-refractivity contribution in [2.45, 2.75) is 24.0 Å². The minimum absolute atomic E-state index is 0.0299. The van der Waals surface area contributed by atoms with Crippen molar-refractivity contribution in [2.24, 2.45) is 0 Å². The maximum Gasteiger partial charge on any atom is 0.248 e. The summed E-state index contributed by atoms with van der Waals surface area (Å²) in [5.74, 6) is 0.890. The highest BCUT2D eigenvalue weighted by molar-refractivity contribution is 5.78. The summed E-state index contributed by atoms with van der Waals surface area (Å²) in [6.45, 7) is 1.28. The van der Waals surface area contributed by atoms with Crippen LogP contribution in [-0.2, 0) is 14.3 Å². The molecule has 0 bridgehead atoms. The van der Waals surface area contributed by atoms with Crippen molar-refractivity contribution in [2.75, 3.05) is 40.5 Å². The van der Waals surface area contributed by atoms with E-state index in [1.54, 1.807) is 12.0 Å². The van der Waals surface area contributed by atoms with E-state index in [1.807, 2.05) is 24.3 Å². The number of amides is 1. The van der Waals surface area contributed by atoms with Crippen LogP contribution < -0.4 is 4.74 Å². The number of rotatable bonds is 4. The summed E-state index contributed by atoms with van der Waals surface area (Å²) in [5.41, 5.74) is 0.465. The number of benzene rings is 1. The van der Waals surface area contributed by atoms with Gasteiger partial charge in [-0.15, -0.1) is 0 Å². The van der Waals surface area contributed by atoms with Gasteiger partial charge in [0.2, 0.25) is 5.91 Å². The van der Waals surface area contributed by atoms with E-state index in [0.29, 0.717) is 26.1 Å². The Labute approximate surface area is 135 Å². The third kappa shape index (κ3) is 3.06. The van der Waals surface area contributed by atoms with Gasteiger partial charge in [0.25, 0.3) is 0 Å². The first-order valence-electron chi connectivity index (χ1n) is 7.80. The smallest absolute Gasteiger partial charge is 0.248 e. The zero-order valence-electron chi connectivity index (χ0n) is 13.5. The van der Waals surface area contributed by atoms with Gasteiger partial charge in [0.05, 0.1) is 20.3 Å². The van der Waals surface area contributed by atoms with Crippen molar-refractivity contribution < 1.29 is 24.1 Å². The Balaban J connectivity index is 1.72. The van der Waals surface area contributed by atoms with Crippen LogP contribution in [0.25, 0.3) is 0 Å². The van der Waals surface area contributed by atoms with Crippen LogP contribution in [0, 0.1) is 0 Å².